The van der Waals surface area contributed by atoms with Gasteiger partial charge in [-0.3, -0.25) is 4.79 Å². The van der Waals surface area contributed by atoms with Crippen LogP contribution >= 0.6 is 0 Å². The minimum atomic E-state index is -1.75. The summed E-state index contributed by atoms with van der Waals surface area (Å²) >= 11 is 0. The molecule has 4 N–H and O–H groups in total. The molecule has 3 aromatic rings. The molecule has 0 aliphatic carbocycles. The van der Waals surface area contributed by atoms with Crippen molar-refractivity contribution < 1.29 is 24.4 Å². The summed E-state index contributed by atoms with van der Waals surface area (Å²) in [4.78, 5) is 12.6. The molecule has 1 heterocycles. The molecule has 0 unspecified atom stereocenters. The van der Waals surface area contributed by atoms with Crippen LogP contribution in [-0.4, -0.2) is 40.7 Å². The van der Waals surface area contributed by atoms with Crippen molar-refractivity contribution in [1.29, 1.82) is 0 Å². The van der Waals surface area contributed by atoms with E-state index in [1.54, 1.807) is 30.5 Å². The van der Waals surface area contributed by atoms with E-state index in [2.05, 4.69) is 5.32 Å². The molecule has 0 aliphatic rings. The Labute approximate surface area is 151 Å². The first-order chi connectivity index (χ1) is 12.6. The van der Waals surface area contributed by atoms with Gasteiger partial charge in [-0.15, -0.1) is 0 Å². The molecule has 2 atom stereocenters. The average Bonchev–Trinajstić information content (AvgIpc) is 3.06. The van der Waals surface area contributed by atoms with Crippen molar-refractivity contribution in [2.45, 2.75) is 18.3 Å². The molecule has 1 amide bonds. The van der Waals surface area contributed by atoms with Crippen molar-refractivity contribution >= 4 is 24.0 Å². The number of nitrogens with one attached hydrogen (secondary N) is 1. The highest BCUT2D eigenvalue weighted by Crippen LogP contribution is 2.22. The predicted octanol–water partition coefficient (Wildman–Crippen LogP) is 1.25. The van der Waals surface area contributed by atoms with Crippen LogP contribution in [0.15, 0.2) is 65.3 Å². The molecule has 1 aromatic heterocycles. The van der Waals surface area contributed by atoms with Crippen molar-refractivity contribution in [1.82, 2.24) is 5.32 Å². The van der Waals surface area contributed by atoms with Gasteiger partial charge < -0.3 is 24.9 Å². The van der Waals surface area contributed by atoms with E-state index in [1.807, 2.05) is 30.3 Å². The standard InChI is InChI=1S/C19H20BNO5/c22-11-16(13-6-2-1-3-7-13)19(23)21-18(20(24)25)10-14-12-26-17-9-5-4-8-15(14)17/h1-9,12,16,18,22,24-25H,10-11H2,(H,21,23)/t16-,18+/m0/s1. The van der Waals surface area contributed by atoms with Crippen molar-refractivity contribution in [3.63, 3.8) is 0 Å². The number of carbonyl (C=O) groups excluding carboxylic acids is 1. The summed E-state index contributed by atoms with van der Waals surface area (Å²) in [6.45, 7) is -0.376. The molecule has 2 aromatic carbocycles. The van der Waals surface area contributed by atoms with E-state index in [4.69, 9.17) is 4.42 Å². The lowest BCUT2D eigenvalue weighted by Gasteiger charge is -2.21. The van der Waals surface area contributed by atoms with Crippen LogP contribution in [0.2, 0.25) is 0 Å². The fourth-order valence-electron chi connectivity index (χ4n) is 2.97. The summed E-state index contributed by atoms with van der Waals surface area (Å²) in [5.41, 5.74) is 2.12. The first-order valence-electron chi connectivity index (χ1n) is 8.37. The SMILES string of the molecule is O=C(N[C@H](Cc1coc2ccccc12)B(O)O)[C@@H](CO)c1ccccc1. The number of rotatable bonds is 7. The van der Waals surface area contributed by atoms with Crippen LogP contribution in [0.1, 0.15) is 17.0 Å². The molecule has 3 rings (SSSR count). The topological polar surface area (TPSA) is 103 Å². The van der Waals surface area contributed by atoms with Crippen LogP contribution in [0, 0.1) is 0 Å². The summed E-state index contributed by atoms with van der Waals surface area (Å²) in [7, 11) is -1.75. The van der Waals surface area contributed by atoms with Gasteiger partial charge in [0.05, 0.1) is 24.7 Å². The van der Waals surface area contributed by atoms with E-state index in [0.29, 0.717) is 11.1 Å². The van der Waals surface area contributed by atoms with Crippen molar-refractivity contribution in [2.75, 3.05) is 6.61 Å². The first kappa shape index (κ1) is 18.2. The lowest BCUT2D eigenvalue weighted by molar-refractivity contribution is -0.123. The van der Waals surface area contributed by atoms with Gasteiger partial charge in [-0.1, -0.05) is 48.5 Å². The molecule has 6 nitrogen and oxygen atoms in total. The lowest BCUT2D eigenvalue weighted by Crippen LogP contribution is -2.49. The predicted molar refractivity (Wildman–Crippen MR) is 98.3 cm³/mol. The normalized spacial score (nSPS) is 13.3. The Hall–Kier alpha value is -2.61. The largest absolute Gasteiger partial charge is 0.475 e. The smallest absolute Gasteiger partial charge is 0.464 e. The van der Waals surface area contributed by atoms with Gasteiger partial charge in [0.1, 0.15) is 5.58 Å². The monoisotopic (exact) mass is 353 g/mol. The van der Waals surface area contributed by atoms with Gasteiger partial charge in [0.25, 0.3) is 0 Å². The summed E-state index contributed by atoms with van der Waals surface area (Å²) < 4.78 is 5.46. The van der Waals surface area contributed by atoms with E-state index in [1.165, 1.54) is 0 Å². The molecule has 0 saturated heterocycles. The molecular formula is C19H20BNO5. The molecule has 0 saturated carbocycles. The lowest BCUT2D eigenvalue weighted by atomic mass is 9.75. The number of carbonyl (C=O) groups is 1. The highest BCUT2D eigenvalue weighted by molar-refractivity contribution is 6.43. The zero-order chi connectivity index (χ0) is 18.5. The number of benzene rings is 2. The second kappa shape index (κ2) is 8.18. The molecule has 0 fully saturated rings. The van der Waals surface area contributed by atoms with E-state index >= 15 is 0 Å². The Morgan fingerprint density at radius 2 is 1.77 bits per heavy atom. The minimum Gasteiger partial charge on any atom is -0.464 e. The van der Waals surface area contributed by atoms with Gasteiger partial charge in [0.2, 0.25) is 5.91 Å². The van der Waals surface area contributed by atoms with Crippen molar-refractivity contribution in [3.05, 3.63) is 72.0 Å². The molecule has 0 spiro atoms. The van der Waals surface area contributed by atoms with Gasteiger partial charge in [-0.25, -0.2) is 0 Å². The average molecular weight is 353 g/mol. The Morgan fingerprint density at radius 1 is 1.08 bits per heavy atom. The van der Waals surface area contributed by atoms with E-state index in [-0.39, 0.29) is 13.0 Å². The molecule has 0 bridgehead atoms. The number of furan rings is 1. The number of para-hydroxylation sites is 1. The van der Waals surface area contributed by atoms with Crippen molar-refractivity contribution in [3.8, 4) is 0 Å². The number of amides is 1. The third-order valence-corrected chi connectivity index (χ3v) is 4.39. The Bertz CT molecular complexity index is 865. The van der Waals surface area contributed by atoms with Crippen LogP contribution in [0.25, 0.3) is 11.0 Å². The van der Waals surface area contributed by atoms with Crippen molar-refractivity contribution in [2.24, 2.45) is 0 Å². The van der Waals surface area contributed by atoms with E-state index < -0.39 is 24.9 Å². The minimum absolute atomic E-state index is 0.188. The summed E-state index contributed by atoms with van der Waals surface area (Å²) in [5, 5.41) is 32.5. The van der Waals surface area contributed by atoms with Crippen LogP contribution in [0.5, 0.6) is 0 Å². The number of hydrogen-bond donors (Lipinski definition) is 4. The fourth-order valence-corrected chi connectivity index (χ4v) is 2.97. The first-order valence-corrected chi connectivity index (χ1v) is 8.37. The highest BCUT2D eigenvalue weighted by atomic mass is 16.4. The van der Waals surface area contributed by atoms with Gasteiger partial charge in [0, 0.05) is 5.39 Å². The molecule has 0 radical (unpaired) electrons. The van der Waals surface area contributed by atoms with Crippen LogP contribution in [-0.2, 0) is 11.2 Å². The molecule has 134 valence electrons. The van der Waals surface area contributed by atoms with Crippen LogP contribution in [0.4, 0.5) is 0 Å². The zero-order valence-corrected chi connectivity index (χ0v) is 14.1. The summed E-state index contributed by atoms with van der Waals surface area (Å²) in [5.74, 6) is -2.18. The number of aliphatic hydroxyl groups excluding tert-OH is 1. The van der Waals surface area contributed by atoms with Gasteiger partial charge in [-0.2, -0.15) is 0 Å². The summed E-state index contributed by atoms with van der Waals surface area (Å²) in [6, 6.07) is 16.3. The van der Waals surface area contributed by atoms with Gasteiger partial charge in [-0.05, 0) is 23.6 Å². The molecular weight excluding hydrogens is 333 g/mol. The number of fused-ring (bicyclic) bond motifs is 1. The van der Waals surface area contributed by atoms with Gasteiger partial charge >= 0.3 is 7.12 Å². The maximum atomic E-state index is 12.6. The zero-order valence-electron chi connectivity index (χ0n) is 14.1. The van der Waals surface area contributed by atoms with E-state index in [9.17, 15) is 19.9 Å². The third-order valence-electron chi connectivity index (χ3n) is 4.39. The van der Waals surface area contributed by atoms with E-state index in [0.717, 1.165) is 10.9 Å². The van der Waals surface area contributed by atoms with Gasteiger partial charge in [0.15, 0.2) is 0 Å². The Morgan fingerprint density at radius 3 is 2.46 bits per heavy atom. The number of hydrogen-bond acceptors (Lipinski definition) is 5. The third kappa shape index (κ3) is 3.96. The maximum Gasteiger partial charge on any atom is 0.475 e. The van der Waals surface area contributed by atoms with Crippen LogP contribution < -0.4 is 5.32 Å². The second-order valence-electron chi connectivity index (χ2n) is 6.14. The second-order valence-corrected chi connectivity index (χ2v) is 6.14. The van der Waals surface area contributed by atoms with Crippen LogP contribution in [0.3, 0.4) is 0 Å². The summed E-state index contributed by atoms with van der Waals surface area (Å²) in [6.07, 6.45) is 1.74. The number of aliphatic hydroxyl groups is 1. The Kier molecular flexibility index (Phi) is 5.73. The quantitative estimate of drug-likeness (QED) is 0.479. The maximum absolute atomic E-state index is 12.6. The Balaban J connectivity index is 1.77. The molecule has 7 heteroatoms. The highest BCUT2D eigenvalue weighted by Gasteiger charge is 2.30. The molecule has 26 heavy (non-hydrogen) atoms. The molecule has 0 aliphatic heterocycles. The fraction of sp³-hybridized carbons (Fsp3) is 0.211.